The molecule has 0 aromatic heterocycles. The molecule has 1 aromatic carbocycles. The SMILES string of the molecule is CCNC(=NCCS(N)(=O)=O)NCCSc1ccc(Cl)cc1.I. The summed E-state index contributed by atoms with van der Waals surface area (Å²) in [6.45, 7) is 3.48. The highest BCUT2D eigenvalue weighted by molar-refractivity contribution is 14.0. The van der Waals surface area contributed by atoms with Gasteiger partial charge in [0.15, 0.2) is 5.96 Å². The number of guanidine groups is 1. The number of benzene rings is 1. The second kappa shape index (κ2) is 12.2. The highest BCUT2D eigenvalue weighted by atomic mass is 127. The number of hydrogen-bond acceptors (Lipinski definition) is 4. The molecule has 0 saturated carbocycles. The van der Waals surface area contributed by atoms with Crippen molar-refractivity contribution >= 4 is 63.3 Å². The van der Waals surface area contributed by atoms with E-state index in [0.29, 0.717) is 19.0 Å². The molecular formula is C13H22ClIN4O2S2. The third kappa shape index (κ3) is 11.9. The van der Waals surface area contributed by atoms with Crippen LogP contribution in [0.5, 0.6) is 0 Å². The number of nitrogens with two attached hydrogens (primary N) is 1. The molecule has 0 fully saturated rings. The molecule has 132 valence electrons. The Labute approximate surface area is 164 Å². The van der Waals surface area contributed by atoms with Gasteiger partial charge in [0.25, 0.3) is 0 Å². The Kier molecular flexibility index (Phi) is 12.1. The van der Waals surface area contributed by atoms with Crippen molar-refractivity contribution in [2.45, 2.75) is 11.8 Å². The van der Waals surface area contributed by atoms with Gasteiger partial charge in [-0.05, 0) is 31.2 Å². The summed E-state index contributed by atoms with van der Waals surface area (Å²) in [5.74, 6) is 1.27. The lowest BCUT2D eigenvalue weighted by Crippen LogP contribution is -2.38. The molecule has 23 heavy (non-hydrogen) atoms. The van der Waals surface area contributed by atoms with Crippen LogP contribution in [-0.2, 0) is 10.0 Å². The Morgan fingerprint density at radius 1 is 1.30 bits per heavy atom. The van der Waals surface area contributed by atoms with Gasteiger partial charge in [-0.2, -0.15) is 0 Å². The molecule has 4 N–H and O–H groups in total. The molecule has 0 unspecified atom stereocenters. The molecule has 0 atom stereocenters. The van der Waals surface area contributed by atoms with E-state index in [-0.39, 0.29) is 36.3 Å². The fraction of sp³-hybridized carbons (Fsp3) is 0.462. The maximum absolute atomic E-state index is 10.9. The lowest BCUT2D eigenvalue weighted by molar-refractivity contribution is 0.597. The molecule has 0 bridgehead atoms. The first kappa shape index (κ1) is 22.8. The first-order valence-corrected chi connectivity index (χ1v) is 9.89. The Morgan fingerprint density at radius 3 is 2.52 bits per heavy atom. The number of aliphatic imine (C=N–C) groups is 1. The zero-order valence-electron chi connectivity index (χ0n) is 12.8. The van der Waals surface area contributed by atoms with Crippen LogP contribution >= 0.6 is 47.3 Å². The van der Waals surface area contributed by atoms with Gasteiger partial charge in [0.2, 0.25) is 10.0 Å². The van der Waals surface area contributed by atoms with Crippen LogP contribution in [0, 0.1) is 0 Å². The van der Waals surface area contributed by atoms with Gasteiger partial charge in [0, 0.05) is 28.8 Å². The van der Waals surface area contributed by atoms with Gasteiger partial charge in [-0.3, -0.25) is 4.99 Å². The minimum absolute atomic E-state index is 0. The van der Waals surface area contributed by atoms with Crippen molar-refractivity contribution in [3.63, 3.8) is 0 Å². The smallest absolute Gasteiger partial charge is 0.210 e. The molecule has 0 aliphatic carbocycles. The monoisotopic (exact) mass is 492 g/mol. The van der Waals surface area contributed by atoms with Gasteiger partial charge in [0.05, 0.1) is 12.3 Å². The van der Waals surface area contributed by atoms with Gasteiger partial charge < -0.3 is 10.6 Å². The minimum Gasteiger partial charge on any atom is -0.357 e. The van der Waals surface area contributed by atoms with E-state index >= 15 is 0 Å². The third-order valence-corrected chi connectivity index (χ3v) is 4.48. The van der Waals surface area contributed by atoms with Gasteiger partial charge in [-0.1, -0.05) is 11.6 Å². The number of nitrogens with zero attached hydrogens (tertiary/aromatic N) is 1. The summed E-state index contributed by atoms with van der Waals surface area (Å²) < 4.78 is 21.7. The minimum atomic E-state index is -3.48. The van der Waals surface area contributed by atoms with Gasteiger partial charge >= 0.3 is 0 Å². The first-order chi connectivity index (χ1) is 10.4. The van der Waals surface area contributed by atoms with Crippen LogP contribution in [0.2, 0.25) is 5.02 Å². The van der Waals surface area contributed by atoms with Crippen LogP contribution in [0.3, 0.4) is 0 Å². The average Bonchev–Trinajstić information content (AvgIpc) is 2.44. The molecular weight excluding hydrogens is 471 g/mol. The van der Waals surface area contributed by atoms with Crippen molar-refractivity contribution in [2.24, 2.45) is 10.1 Å². The fourth-order valence-electron chi connectivity index (χ4n) is 1.50. The normalized spacial score (nSPS) is 11.7. The topological polar surface area (TPSA) is 96.6 Å². The standard InChI is InChI=1S/C13H21ClN4O2S2.HI/c1-2-16-13(18-8-10-22(15,19)20)17-7-9-21-12-5-3-11(14)4-6-12;/h3-6H,2,7-10H2,1H3,(H2,15,19,20)(H2,16,17,18);1H. The Hall–Kier alpha value is -0.230. The number of hydrogen-bond donors (Lipinski definition) is 3. The van der Waals surface area contributed by atoms with Crippen LogP contribution in [0.4, 0.5) is 0 Å². The predicted octanol–water partition coefficient (Wildman–Crippen LogP) is 1.89. The maximum Gasteiger partial charge on any atom is 0.210 e. The summed E-state index contributed by atoms with van der Waals surface area (Å²) in [4.78, 5) is 5.30. The van der Waals surface area contributed by atoms with E-state index in [9.17, 15) is 8.42 Å². The fourth-order valence-corrected chi connectivity index (χ4v) is 2.74. The van der Waals surface area contributed by atoms with E-state index in [1.54, 1.807) is 11.8 Å². The summed E-state index contributed by atoms with van der Waals surface area (Å²) >= 11 is 7.53. The molecule has 0 aliphatic rings. The predicted molar refractivity (Wildman–Crippen MR) is 110 cm³/mol. The van der Waals surface area contributed by atoms with Crippen molar-refractivity contribution in [3.8, 4) is 0 Å². The van der Waals surface area contributed by atoms with Crippen molar-refractivity contribution in [1.29, 1.82) is 0 Å². The maximum atomic E-state index is 10.9. The number of sulfonamides is 1. The van der Waals surface area contributed by atoms with Gasteiger partial charge in [0.1, 0.15) is 0 Å². The number of nitrogens with one attached hydrogen (secondary N) is 2. The van der Waals surface area contributed by atoms with E-state index in [0.717, 1.165) is 15.7 Å². The third-order valence-electron chi connectivity index (χ3n) is 2.47. The number of primary sulfonamides is 1. The van der Waals surface area contributed by atoms with Crippen LogP contribution in [0.25, 0.3) is 0 Å². The summed E-state index contributed by atoms with van der Waals surface area (Å²) in [5, 5.41) is 11.9. The van der Waals surface area contributed by atoms with Gasteiger partial charge in [-0.25, -0.2) is 13.6 Å². The van der Waals surface area contributed by atoms with Crippen LogP contribution in [0.1, 0.15) is 6.92 Å². The molecule has 1 rings (SSSR count). The molecule has 10 heteroatoms. The van der Waals surface area contributed by atoms with Crippen molar-refractivity contribution < 1.29 is 8.42 Å². The molecule has 0 heterocycles. The van der Waals surface area contributed by atoms with E-state index in [1.807, 2.05) is 31.2 Å². The van der Waals surface area contributed by atoms with Crippen molar-refractivity contribution in [3.05, 3.63) is 29.3 Å². The molecule has 0 radical (unpaired) electrons. The molecule has 0 saturated heterocycles. The number of rotatable bonds is 8. The lowest BCUT2D eigenvalue weighted by Gasteiger charge is -2.11. The summed E-state index contributed by atoms with van der Waals surface area (Å²) in [7, 11) is -3.48. The number of halogens is 2. The zero-order valence-corrected chi connectivity index (χ0v) is 17.5. The molecule has 0 spiro atoms. The molecule has 6 nitrogen and oxygen atoms in total. The van der Waals surface area contributed by atoms with Crippen molar-refractivity contribution in [2.75, 3.05) is 31.1 Å². The Bertz CT molecular complexity index is 582. The first-order valence-electron chi connectivity index (χ1n) is 6.81. The Balaban J connectivity index is 0.00000484. The second-order valence-electron chi connectivity index (χ2n) is 4.36. The van der Waals surface area contributed by atoms with Crippen LogP contribution in [-0.4, -0.2) is 45.5 Å². The quantitative estimate of drug-likeness (QED) is 0.169. The van der Waals surface area contributed by atoms with E-state index in [4.69, 9.17) is 16.7 Å². The van der Waals surface area contributed by atoms with E-state index in [1.165, 1.54) is 0 Å². The second-order valence-corrected chi connectivity index (χ2v) is 7.70. The Morgan fingerprint density at radius 2 is 1.96 bits per heavy atom. The molecule has 0 aliphatic heterocycles. The lowest BCUT2D eigenvalue weighted by atomic mass is 10.4. The highest BCUT2D eigenvalue weighted by Crippen LogP contribution is 2.19. The summed E-state index contributed by atoms with van der Waals surface area (Å²) in [6, 6.07) is 7.66. The summed E-state index contributed by atoms with van der Waals surface area (Å²) in [6.07, 6.45) is 0. The molecule has 1 aromatic rings. The summed E-state index contributed by atoms with van der Waals surface area (Å²) in [5.41, 5.74) is 0. The van der Waals surface area contributed by atoms with E-state index in [2.05, 4.69) is 15.6 Å². The number of thioether (sulfide) groups is 1. The van der Waals surface area contributed by atoms with Gasteiger partial charge in [-0.15, -0.1) is 35.7 Å². The zero-order chi connectivity index (χ0) is 16.4. The van der Waals surface area contributed by atoms with E-state index < -0.39 is 10.0 Å². The highest BCUT2D eigenvalue weighted by Gasteiger charge is 2.02. The molecule has 0 amide bonds. The average molecular weight is 493 g/mol. The van der Waals surface area contributed by atoms with Crippen LogP contribution < -0.4 is 15.8 Å². The largest absolute Gasteiger partial charge is 0.357 e. The van der Waals surface area contributed by atoms with Crippen LogP contribution in [0.15, 0.2) is 34.2 Å². The van der Waals surface area contributed by atoms with Crippen molar-refractivity contribution in [1.82, 2.24) is 10.6 Å².